The number of aliphatic carboxylic acids is 1. The van der Waals surface area contributed by atoms with Gasteiger partial charge in [-0.25, -0.2) is 13.2 Å². The summed E-state index contributed by atoms with van der Waals surface area (Å²) in [5, 5.41) is 14.4. The molecule has 0 bridgehead atoms. The zero-order valence-electron chi connectivity index (χ0n) is 28.6. The summed E-state index contributed by atoms with van der Waals surface area (Å²) in [6.45, 7) is 3.83. The molecule has 51 heavy (non-hydrogen) atoms. The van der Waals surface area contributed by atoms with Crippen LogP contribution < -0.4 is 10.1 Å². The van der Waals surface area contributed by atoms with E-state index >= 15 is 8.42 Å². The molecule has 1 fully saturated rings. The first-order valence-electron chi connectivity index (χ1n) is 16.8. The zero-order chi connectivity index (χ0) is 35.9. The minimum Gasteiger partial charge on any atom is -0.497 e. The van der Waals surface area contributed by atoms with Crippen LogP contribution in [0.15, 0.2) is 144 Å². The van der Waals surface area contributed by atoms with E-state index in [0.717, 1.165) is 27.8 Å². The predicted molar refractivity (Wildman–Crippen MR) is 203 cm³/mol. The smallest absolute Gasteiger partial charge is 0.341 e. The second-order valence-corrected chi connectivity index (χ2v) is 15.8. The highest BCUT2D eigenvalue weighted by atomic mass is 32.2. The van der Waals surface area contributed by atoms with Crippen molar-refractivity contribution in [3.8, 4) is 16.9 Å². The average Bonchev–Trinajstić information content (AvgIpc) is 3.19. The molecule has 0 aromatic heterocycles. The number of hydrogen-bond acceptors (Lipinski definition) is 8. The third kappa shape index (κ3) is 7.33. The molecule has 6 rings (SSSR count). The van der Waals surface area contributed by atoms with Crippen LogP contribution in [-0.2, 0) is 24.1 Å². The Bertz CT molecular complexity index is 1890. The number of morpholine rings is 1. The number of methoxy groups -OCH3 is 1. The van der Waals surface area contributed by atoms with E-state index in [1.165, 1.54) is 23.9 Å². The second kappa shape index (κ2) is 15.8. The summed E-state index contributed by atoms with van der Waals surface area (Å²) in [5.74, 6) is -1.09. The molecular weight excluding hydrogens is 681 g/mol. The lowest BCUT2D eigenvalue weighted by Gasteiger charge is -2.42. The molecule has 5 aromatic carbocycles. The summed E-state index contributed by atoms with van der Waals surface area (Å²) in [6.07, 6.45) is -0.599. The van der Waals surface area contributed by atoms with Gasteiger partial charge in [0.2, 0.25) is 14.7 Å². The molecule has 1 heterocycles. The lowest BCUT2D eigenvalue weighted by atomic mass is 9.84. The highest BCUT2D eigenvalue weighted by Crippen LogP contribution is 2.50. The van der Waals surface area contributed by atoms with Crippen LogP contribution in [0.3, 0.4) is 0 Å². The van der Waals surface area contributed by atoms with Crippen LogP contribution in [0.5, 0.6) is 5.75 Å². The van der Waals surface area contributed by atoms with Gasteiger partial charge < -0.3 is 14.6 Å². The lowest BCUT2D eigenvalue weighted by molar-refractivity contribution is -0.141. The van der Waals surface area contributed by atoms with E-state index in [4.69, 9.17) is 9.47 Å². The summed E-state index contributed by atoms with van der Waals surface area (Å²) >= 11 is 1.30. The molecule has 2 N–H and O–H groups in total. The van der Waals surface area contributed by atoms with Gasteiger partial charge in [0, 0.05) is 18.8 Å². The molecule has 10 heteroatoms. The van der Waals surface area contributed by atoms with E-state index in [9.17, 15) is 9.90 Å². The van der Waals surface area contributed by atoms with Gasteiger partial charge in [-0.3, -0.25) is 10.2 Å². The molecular formula is C41H42N2O6S2. The summed E-state index contributed by atoms with van der Waals surface area (Å²) in [5.41, 5.74) is 4.35. The van der Waals surface area contributed by atoms with Crippen molar-refractivity contribution in [1.82, 2.24) is 10.2 Å². The van der Waals surface area contributed by atoms with Gasteiger partial charge in [-0.1, -0.05) is 115 Å². The summed E-state index contributed by atoms with van der Waals surface area (Å²) in [7, 11) is -2.99. The Morgan fingerprint density at radius 2 is 1.24 bits per heavy atom. The third-order valence-corrected chi connectivity index (χ3v) is 13.6. The van der Waals surface area contributed by atoms with Crippen molar-refractivity contribution < 1.29 is 27.8 Å². The molecule has 1 unspecified atom stereocenters. The van der Waals surface area contributed by atoms with Crippen LogP contribution in [0.2, 0.25) is 0 Å². The number of carboxylic acid groups (broad SMARTS) is 1. The number of thioether (sulfide) groups is 1. The molecule has 2 atom stereocenters. The molecule has 0 radical (unpaired) electrons. The van der Waals surface area contributed by atoms with Crippen LogP contribution in [-0.4, -0.2) is 74.6 Å². The van der Waals surface area contributed by atoms with E-state index in [1.807, 2.05) is 127 Å². The van der Waals surface area contributed by atoms with Crippen molar-refractivity contribution in [2.24, 2.45) is 0 Å². The van der Waals surface area contributed by atoms with Crippen LogP contribution >= 0.6 is 11.8 Å². The van der Waals surface area contributed by atoms with E-state index in [-0.39, 0.29) is 10.6 Å². The summed E-state index contributed by atoms with van der Waals surface area (Å²) < 4.78 is 40.0. The fourth-order valence-corrected chi connectivity index (χ4v) is 10.4. The highest BCUT2D eigenvalue weighted by molar-refractivity contribution is 8.02. The lowest BCUT2D eigenvalue weighted by Crippen LogP contribution is -2.66. The topological polar surface area (TPSA) is 105 Å². The fraction of sp³-hybridized carbons (Fsp3) is 0.244. The van der Waals surface area contributed by atoms with Crippen LogP contribution in [0.1, 0.15) is 23.6 Å². The predicted octanol–water partition coefficient (Wildman–Crippen LogP) is 6.91. The van der Waals surface area contributed by atoms with Crippen molar-refractivity contribution in [3.05, 3.63) is 156 Å². The number of hydrogen-bond donors (Lipinski definition) is 2. The maximum atomic E-state index is 15.1. The number of nitrogens with zero attached hydrogens (tertiary/aromatic N) is 1. The minimum atomic E-state index is -4.58. The quantitative estimate of drug-likeness (QED) is 0.118. The van der Waals surface area contributed by atoms with E-state index in [2.05, 4.69) is 5.32 Å². The minimum absolute atomic E-state index is 0.0887. The number of ether oxygens (including phenoxy) is 2. The Hall–Kier alpha value is -4.45. The number of carbonyl (C=O) groups is 1. The average molecular weight is 723 g/mol. The van der Waals surface area contributed by atoms with Gasteiger partial charge in [0.25, 0.3) is 0 Å². The Morgan fingerprint density at radius 1 is 0.784 bits per heavy atom. The van der Waals surface area contributed by atoms with Crippen molar-refractivity contribution in [2.75, 3.05) is 39.2 Å². The molecule has 8 nitrogen and oxygen atoms in total. The Balaban J connectivity index is 1.48. The Kier molecular flexibility index (Phi) is 11.3. The normalized spacial score (nSPS) is 15.8. The SMILES string of the molecule is COc1ccc(-c2ccc(S(=O)(=O)[C@@](CSC(c3ccccc3)(c3ccccc3)c3ccccc3)(NC(C)N3CCOCC3)C(=O)O)cc2)cc1. The molecule has 0 saturated carbocycles. The maximum absolute atomic E-state index is 15.1. The van der Waals surface area contributed by atoms with Gasteiger partial charge in [-0.15, -0.1) is 11.8 Å². The third-order valence-electron chi connectivity index (χ3n) is 9.46. The Labute approximate surface area is 304 Å². The molecule has 0 spiro atoms. The molecule has 0 amide bonds. The van der Waals surface area contributed by atoms with Gasteiger partial charge >= 0.3 is 5.97 Å². The van der Waals surface area contributed by atoms with Crippen molar-refractivity contribution in [1.29, 1.82) is 0 Å². The number of sulfone groups is 1. The first-order chi connectivity index (χ1) is 24.7. The van der Waals surface area contributed by atoms with Gasteiger partial charge in [0.05, 0.1) is 36.1 Å². The molecule has 264 valence electrons. The standard InChI is InChI=1S/C41H42N2O6S2/c1-31(43-26-28-49-29-27-43)42-40(39(44)45,51(46,47)38-24-20-33(21-25-38)32-18-22-37(48-2)23-19-32)30-50-41(34-12-6-3-7-13-34,35-14-8-4-9-15-35)36-16-10-5-11-17-36/h3-25,31,42H,26-30H2,1-2H3,(H,44,45)/t31?,40-/m1/s1. The number of nitrogens with one attached hydrogen (secondary N) is 1. The highest BCUT2D eigenvalue weighted by Gasteiger charge is 2.55. The largest absolute Gasteiger partial charge is 0.497 e. The number of carboxylic acids is 1. The van der Waals surface area contributed by atoms with Crippen LogP contribution in [0.4, 0.5) is 0 Å². The monoisotopic (exact) mass is 722 g/mol. The van der Waals surface area contributed by atoms with Gasteiger partial charge in [0.1, 0.15) is 5.75 Å². The molecule has 1 saturated heterocycles. The fourth-order valence-electron chi connectivity index (χ4n) is 6.62. The van der Waals surface area contributed by atoms with E-state index < -0.39 is 31.6 Å². The van der Waals surface area contributed by atoms with Gasteiger partial charge in [-0.2, -0.15) is 0 Å². The summed E-state index contributed by atoms with van der Waals surface area (Å²) in [6, 6.07) is 43.4. The number of rotatable bonds is 14. The second-order valence-electron chi connectivity index (χ2n) is 12.4. The summed E-state index contributed by atoms with van der Waals surface area (Å²) in [4.78, 5) is 13.3. The van der Waals surface area contributed by atoms with Crippen molar-refractivity contribution >= 4 is 27.6 Å². The first-order valence-corrected chi connectivity index (χ1v) is 19.3. The molecule has 5 aromatic rings. The molecule has 1 aliphatic heterocycles. The maximum Gasteiger partial charge on any atom is 0.341 e. The van der Waals surface area contributed by atoms with Crippen LogP contribution in [0.25, 0.3) is 11.1 Å². The number of benzene rings is 5. The van der Waals surface area contributed by atoms with Gasteiger partial charge in [0.15, 0.2) is 0 Å². The zero-order valence-corrected chi connectivity index (χ0v) is 30.3. The van der Waals surface area contributed by atoms with Crippen LogP contribution in [0, 0.1) is 0 Å². The van der Waals surface area contributed by atoms with E-state index in [0.29, 0.717) is 32.1 Å². The Morgan fingerprint density at radius 3 is 1.67 bits per heavy atom. The first kappa shape index (κ1) is 36.3. The van der Waals surface area contributed by atoms with Crippen molar-refractivity contribution in [3.63, 3.8) is 0 Å². The molecule has 1 aliphatic rings. The van der Waals surface area contributed by atoms with Crippen molar-refractivity contribution in [2.45, 2.75) is 27.6 Å². The molecule has 0 aliphatic carbocycles. The van der Waals surface area contributed by atoms with Gasteiger partial charge in [-0.05, 0) is 59.0 Å². The van der Waals surface area contributed by atoms with E-state index in [1.54, 1.807) is 19.2 Å².